The quantitative estimate of drug-likeness (QED) is 0.309. The highest BCUT2D eigenvalue weighted by Gasteiger charge is 1.93. The third-order valence-corrected chi connectivity index (χ3v) is 3.53. The Kier molecular flexibility index (Phi) is 18.7. The molecule has 0 rings (SSSR count). The van der Waals surface area contributed by atoms with Crippen LogP contribution in [-0.2, 0) is 0 Å². The monoisotopic (exact) mass is 288 g/mol. The number of aliphatic hydroxyl groups is 2. The van der Waals surface area contributed by atoms with Crippen molar-refractivity contribution in [1.29, 1.82) is 0 Å². The smallest absolute Gasteiger partial charge is 0.0555 e. The van der Waals surface area contributed by atoms with Gasteiger partial charge >= 0.3 is 0 Å². The molecule has 0 radical (unpaired) electrons. The average Bonchev–Trinajstić information content (AvgIpc) is 2.47. The lowest BCUT2D eigenvalue weighted by atomic mass is 10.1. The molecule has 4 heteroatoms. The highest BCUT2D eigenvalue weighted by atomic mass is 16.3. The average molecular weight is 288 g/mol. The van der Waals surface area contributed by atoms with Crippen LogP contribution in [0.5, 0.6) is 0 Å². The van der Waals surface area contributed by atoms with Gasteiger partial charge in [0.05, 0.1) is 13.2 Å². The lowest BCUT2D eigenvalue weighted by molar-refractivity contribution is 0.291. The van der Waals surface area contributed by atoms with Crippen molar-refractivity contribution in [1.82, 2.24) is 10.6 Å². The summed E-state index contributed by atoms with van der Waals surface area (Å²) in [6, 6.07) is 0. The Morgan fingerprint density at radius 3 is 1.00 bits per heavy atom. The van der Waals surface area contributed by atoms with Crippen LogP contribution in [0.15, 0.2) is 0 Å². The third kappa shape index (κ3) is 17.8. The number of hydrogen-bond acceptors (Lipinski definition) is 4. The largest absolute Gasteiger partial charge is 0.395 e. The van der Waals surface area contributed by atoms with Gasteiger partial charge in [-0.2, -0.15) is 0 Å². The summed E-state index contributed by atoms with van der Waals surface area (Å²) < 4.78 is 0. The molecule has 0 spiro atoms. The molecule has 0 aromatic rings. The van der Waals surface area contributed by atoms with E-state index in [1.54, 1.807) is 0 Å². The molecule has 0 atom stereocenters. The molecule has 4 N–H and O–H groups in total. The zero-order valence-electron chi connectivity index (χ0n) is 13.2. The second-order valence-electron chi connectivity index (χ2n) is 5.48. The maximum absolute atomic E-state index is 8.61. The van der Waals surface area contributed by atoms with Crippen molar-refractivity contribution >= 4 is 0 Å². The van der Waals surface area contributed by atoms with Crippen LogP contribution in [0.2, 0.25) is 0 Å². The van der Waals surface area contributed by atoms with E-state index in [1.165, 1.54) is 64.2 Å². The number of aliphatic hydroxyl groups excluding tert-OH is 2. The van der Waals surface area contributed by atoms with Gasteiger partial charge in [-0.1, -0.05) is 51.4 Å². The second kappa shape index (κ2) is 18.8. The van der Waals surface area contributed by atoms with Gasteiger partial charge < -0.3 is 20.8 Å². The zero-order valence-corrected chi connectivity index (χ0v) is 13.2. The molecular formula is C16H36N2O2. The van der Waals surface area contributed by atoms with Gasteiger partial charge in [0.1, 0.15) is 0 Å². The van der Waals surface area contributed by atoms with Gasteiger partial charge in [-0.15, -0.1) is 0 Å². The van der Waals surface area contributed by atoms with Crippen LogP contribution >= 0.6 is 0 Å². The molecule has 0 aromatic carbocycles. The first kappa shape index (κ1) is 19.8. The van der Waals surface area contributed by atoms with Crippen LogP contribution in [0.3, 0.4) is 0 Å². The predicted octanol–water partition coefficient (Wildman–Crippen LogP) is 2.05. The molecule has 122 valence electrons. The summed E-state index contributed by atoms with van der Waals surface area (Å²) in [6.45, 7) is 4.05. The van der Waals surface area contributed by atoms with Crippen molar-refractivity contribution < 1.29 is 10.2 Å². The molecular weight excluding hydrogens is 252 g/mol. The van der Waals surface area contributed by atoms with Crippen molar-refractivity contribution in [3.8, 4) is 0 Å². The minimum absolute atomic E-state index is 0.248. The van der Waals surface area contributed by atoms with Gasteiger partial charge in [-0.3, -0.25) is 0 Å². The van der Waals surface area contributed by atoms with E-state index in [9.17, 15) is 0 Å². The lowest BCUT2D eigenvalue weighted by Gasteiger charge is -2.04. The van der Waals surface area contributed by atoms with Crippen molar-refractivity contribution in [2.75, 3.05) is 39.4 Å². The molecule has 0 bridgehead atoms. The zero-order chi connectivity index (χ0) is 14.7. The molecule has 0 aliphatic heterocycles. The Labute approximate surface area is 125 Å². The van der Waals surface area contributed by atoms with Crippen molar-refractivity contribution in [3.05, 3.63) is 0 Å². The third-order valence-electron chi connectivity index (χ3n) is 3.53. The Balaban J connectivity index is 2.89. The van der Waals surface area contributed by atoms with Gasteiger partial charge in [-0.25, -0.2) is 0 Å². The van der Waals surface area contributed by atoms with Gasteiger partial charge in [-0.05, 0) is 25.9 Å². The van der Waals surface area contributed by atoms with E-state index in [-0.39, 0.29) is 13.2 Å². The molecule has 20 heavy (non-hydrogen) atoms. The fraction of sp³-hybridized carbons (Fsp3) is 1.00. The van der Waals surface area contributed by atoms with Crippen LogP contribution in [-0.4, -0.2) is 49.6 Å². The van der Waals surface area contributed by atoms with Gasteiger partial charge in [0.2, 0.25) is 0 Å². The summed E-state index contributed by atoms with van der Waals surface area (Å²) in [5.41, 5.74) is 0. The molecule has 0 saturated carbocycles. The number of rotatable bonds is 17. The second-order valence-corrected chi connectivity index (χ2v) is 5.48. The standard InChI is InChI=1S/C16H36N2O2/c19-15-13-17-11-9-7-5-3-1-2-4-6-8-10-12-18-14-16-20/h17-20H,1-16H2. The van der Waals surface area contributed by atoms with Crippen molar-refractivity contribution in [3.63, 3.8) is 0 Å². The Morgan fingerprint density at radius 2 is 0.700 bits per heavy atom. The summed E-state index contributed by atoms with van der Waals surface area (Å²) in [7, 11) is 0. The van der Waals surface area contributed by atoms with E-state index in [0.717, 1.165) is 26.2 Å². The van der Waals surface area contributed by atoms with Crippen LogP contribution < -0.4 is 10.6 Å². The molecule has 0 aromatic heterocycles. The highest BCUT2D eigenvalue weighted by Crippen LogP contribution is 2.10. The Morgan fingerprint density at radius 1 is 0.400 bits per heavy atom. The van der Waals surface area contributed by atoms with E-state index >= 15 is 0 Å². The van der Waals surface area contributed by atoms with Gasteiger partial charge in [0.25, 0.3) is 0 Å². The first-order valence-electron chi connectivity index (χ1n) is 8.55. The molecule has 0 heterocycles. The summed E-state index contributed by atoms with van der Waals surface area (Å²) in [6.07, 6.45) is 13.3. The molecule has 0 aliphatic rings. The summed E-state index contributed by atoms with van der Waals surface area (Å²) in [5.74, 6) is 0. The Hall–Kier alpha value is -0.160. The Bertz CT molecular complexity index is 151. The summed E-state index contributed by atoms with van der Waals surface area (Å²) >= 11 is 0. The minimum Gasteiger partial charge on any atom is -0.395 e. The lowest BCUT2D eigenvalue weighted by Crippen LogP contribution is -2.19. The molecule has 0 saturated heterocycles. The number of nitrogens with one attached hydrogen (secondary N) is 2. The van der Waals surface area contributed by atoms with E-state index in [1.807, 2.05) is 0 Å². The van der Waals surface area contributed by atoms with E-state index in [0.29, 0.717) is 0 Å². The minimum atomic E-state index is 0.248. The van der Waals surface area contributed by atoms with Crippen molar-refractivity contribution in [2.24, 2.45) is 0 Å². The first-order chi connectivity index (χ1) is 9.91. The first-order valence-corrected chi connectivity index (χ1v) is 8.55. The van der Waals surface area contributed by atoms with E-state index in [2.05, 4.69) is 10.6 Å². The molecule has 0 amide bonds. The van der Waals surface area contributed by atoms with Crippen LogP contribution in [0, 0.1) is 0 Å². The van der Waals surface area contributed by atoms with E-state index in [4.69, 9.17) is 10.2 Å². The SMILES string of the molecule is OCCNCCCCCCCCCCCCNCCO. The summed E-state index contributed by atoms with van der Waals surface area (Å²) in [4.78, 5) is 0. The molecule has 0 unspecified atom stereocenters. The fourth-order valence-electron chi connectivity index (χ4n) is 2.32. The van der Waals surface area contributed by atoms with E-state index < -0.39 is 0 Å². The number of unbranched alkanes of at least 4 members (excludes halogenated alkanes) is 9. The fourth-order valence-corrected chi connectivity index (χ4v) is 2.32. The van der Waals surface area contributed by atoms with Crippen LogP contribution in [0.1, 0.15) is 64.2 Å². The van der Waals surface area contributed by atoms with Crippen molar-refractivity contribution in [2.45, 2.75) is 64.2 Å². The normalized spacial score (nSPS) is 11.1. The molecule has 4 nitrogen and oxygen atoms in total. The topological polar surface area (TPSA) is 64.5 Å². The van der Waals surface area contributed by atoms with Gasteiger partial charge in [0.15, 0.2) is 0 Å². The number of hydrogen-bond donors (Lipinski definition) is 4. The predicted molar refractivity (Wildman–Crippen MR) is 86.1 cm³/mol. The highest BCUT2D eigenvalue weighted by molar-refractivity contribution is 4.51. The van der Waals surface area contributed by atoms with Gasteiger partial charge in [0, 0.05) is 13.1 Å². The van der Waals surface area contributed by atoms with Crippen LogP contribution in [0.4, 0.5) is 0 Å². The molecule has 0 aliphatic carbocycles. The maximum atomic E-state index is 8.61. The summed E-state index contributed by atoms with van der Waals surface area (Å²) in [5, 5.41) is 23.6. The van der Waals surface area contributed by atoms with Crippen LogP contribution in [0.25, 0.3) is 0 Å². The molecule has 0 fully saturated rings. The maximum Gasteiger partial charge on any atom is 0.0555 e.